The molecule has 0 aromatic heterocycles. The minimum absolute atomic E-state index is 0.582. The Morgan fingerprint density at radius 2 is 1.44 bits per heavy atom. The zero-order valence-electron chi connectivity index (χ0n) is 5.49. The lowest BCUT2D eigenvalue weighted by molar-refractivity contribution is -0.107. The van der Waals surface area contributed by atoms with Crippen LogP contribution in [0.2, 0.25) is 0 Å². The molecule has 0 spiro atoms. The molecule has 0 saturated heterocycles. The second kappa shape index (κ2) is 3.74. The Morgan fingerprint density at radius 3 is 1.67 bits per heavy atom. The normalized spacial score (nSPS) is 12.0. The van der Waals surface area contributed by atoms with E-state index in [9.17, 15) is 8.78 Å². The summed E-state index contributed by atoms with van der Waals surface area (Å²) in [5.74, 6) is -2.84. The van der Waals surface area contributed by atoms with Crippen molar-refractivity contribution in [3.63, 3.8) is 0 Å². The predicted molar refractivity (Wildman–Crippen MR) is 28.7 cm³/mol. The molecular weight excluding hydrogens is 130 g/mol. The van der Waals surface area contributed by atoms with Gasteiger partial charge < -0.3 is 9.47 Å². The average molecular weight is 140 g/mol. The second-order valence-corrected chi connectivity index (χ2v) is 1.72. The first-order chi connectivity index (χ1) is 4.12. The van der Waals surface area contributed by atoms with E-state index in [1.165, 1.54) is 14.2 Å². The summed E-state index contributed by atoms with van der Waals surface area (Å²) in [6.07, 6.45) is 0. The summed E-state index contributed by atoms with van der Waals surface area (Å²) in [5, 5.41) is 0. The molecule has 0 bridgehead atoms. The van der Waals surface area contributed by atoms with E-state index >= 15 is 0 Å². The quantitative estimate of drug-likeness (QED) is 0.578. The van der Waals surface area contributed by atoms with Gasteiger partial charge in [0.1, 0.15) is 13.2 Å². The van der Waals surface area contributed by atoms with Gasteiger partial charge in [0.05, 0.1) is 0 Å². The van der Waals surface area contributed by atoms with Crippen molar-refractivity contribution >= 4 is 0 Å². The number of halogens is 2. The largest absolute Gasteiger partial charge is 0.378 e. The third-order valence-corrected chi connectivity index (χ3v) is 0.711. The zero-order valence-corrected chi connectivity index (χ0v) is 5.49. The molecule has 0 fully saturated rings. The minimum Gasteiger partial charge on any atom is -0.378 e. The second-order valence-electron chi connectivity index (χ2n) is 1.72. The average Bonchev–Trinajstić information content (AvgIpc) is 1.64. The van der Waals surface area contributed by atoms with Crippen molar-refractivity contribution in [2.45, 2.75) is 5.92 Å². The van der Waals surface area contributed by atoms with E-state index in [4.69, 9.17) is 0 Å². The molecule has 0 N–H and O–H groups in total. The van der Waals surface area contributed by atoms with E-state index in [1.807, 2.05) is 0 Å². The van der Waals surface area contributed by atoms with Crippen LogP contribution in [0.15, 0.2) is 0 Å². The van der Waals surface area contributed by atoms with Gasteiger partial charge in [-0.25, -0.2) is 8.78 Å². The first kappa shape index (κ1) is 8.78. The molecule has 0 heterocycles. The van der Waals surface area contributed by atoms with Gasteiger partial charge in [0.15, 0.2) is 0 Å². The molecule has 0 aliphatic carbocycles. The van der Waals surface area contributed by atoms with Gasteiger partial charge in [-0.1, -0.05) is 0 Å². The van der Waals surface area contributed by atoms with Gasteiger partial charge >= 0.3 is 0 Å². The molecule has 0 atom stereocenters. The highest BCUT2D eigenvalue weighted by atomic mass is 19.3. The molecule has 4 heteroatoms. The Balaban J connectivity index is 3.43. The molecule has 2 nitrogen and oxygen atoms in total. The summed E-state index contributed by atoms with van der Waals surface area (Å²) in [4.78, 5) is 0. The highest BCUT2D eigenvalue weighted by Crippen LogP contribution is 2.12. The lowest BCUT2D eigenvalue weighted by Crippen LogP contribution is -2.28. The van der Waals surface area contributed by atoms with E-state index in [0.717, 1.165) is 0 Å². The van der Waals surface area contributed by atoms with Crippen LogP contribution < -0.4 is 0 Å². The lowest BCUT2D eigenvalue weighted by Gasteiger charge is -2.12. The number of rotatable bonds is 4. The first-order valence-electron chi connectivity index (χ1n) is 2.48. The van der Waals surface area contributed by atoms with E-state index in [1.54, 1.807) is 0 Å². The predicted octanol–water partition coefficient (Wildman–Crippen LogP) is 0.915. The smallest absolute Gasteiger partial charge is 0.293 e. The molecule has 0 aliphatic heterocycles. The van der Waals surface area contributed by atoms with E-state index < -0.39 is 19.1 Å². The van der Waals surface area contributed by atoms with Gasteiger partial charge in [0.2, 0.25) is 0 Å². The number of hydrogen-bond donors (Lipinski definition) is 0. The summed E-state index contributed by atoms with van der Waals surface area (Å²) < 4.78 is 32.8. The molecule has 0 radical (unpaired) electrons. The SMILES string of the molecule is COCC(F)(F)COC. The molecule has 9 heavy (non-hydrogen) atoms. The Labute approximate surface area is 52.8 Å². The van der Waals surface area contributed by atoms with Crippen LogP contribution in [0, 0.1) is 0 Å². The van der Waals surface area contributed by atoms with Gasteiger partial charge in [-0.2, -0.15) is 0 Å². The Kier molecular flexibility index (Phi) is 3.65. The number of alkyl halides is 2. The molecular formula is C5H10F2O2. The molecule has 0 aromatic carbocycles. The Morgan fingerprint density at radius 1 is 1.11 bits per heavy atom. The van der Waals surface area contributed by atoms with Crippen molar-refractivity contribution < 1.29 is 18.3 Å². The van der Waals surface area contributed by atoms with Gasteiger partial charge in [0, 0.05) is 14.2 Å². The van der Waals surface area contributed by atoms with Gasteiger partial charge in [-0.3, -0.25) is 0 Å². The standard InChI is InChI=1S/C5H10F2O2/c1-8-3-5(6,7)4-9-2/h3-4H2,1-2H3. The first-order valence-corrected chi connectivity index (χ1v) is 2.48. The fourth-order valence-electron chi connectivity index (χ4n) is 0.464. The molecule has 0 aromatic rings. The maximum Gasteiger partial charge on any atom is 0.293 e. The molecule has 0 rings (SSSR count). The Hall–Kier alpha value is -0.220. The van der Waals surface area contributed by atoms with Crippen LogP contribution >= 0.6 is 0 Å². The van der Waals surface area contributed by atoms with Crippen LogP contribution in [0.3, 0.4) is 0 Å². The van der Waals surface area contributed by atoms with Gasteiger partial charge in [0.25, 0.3) is 5.92 Å². The van der Waals surface area contributed by atoms with E-state index in [0.29, 0.717) is 0 Å². The zero-order chi connectivity index (χ0) is 7.33. The number of methoxy groups -OCH3 is 2. The monoisotopic (exact) mass is 140 g/mol. The van der Waals surface area contributed by atoms with Crippen LogP contribution in [0.25, 0.3) is 0 Å². The van der Waals surface area contributed by atoms with Crippen LogP contribution in [0.4, 0.5) is 8.78 Å². The fourth-order valence-corrected chi connectivity index (χ4v) is 0.464. The minimum atomic E-state index is -2.84. The molecule has 56 valence electrons. The highest BCUT2D eigenvalue weighted by Gasteiger charge is 2.28. The third-order valence-electron chi connectivity index (χ3n) is 0.711. The van der Waals surface area contributed by atoms with Crippen LogP contribution in [0.1, 0.15) is 0 Å². The van der Waals surface area contributed by atoms with E-state index in [2.05, 4.69) is 9.47 Å². The van der Waals surface area contributed by atoms with Crippen molar-refractivity contribution in [3.05, 3.63) is 0 Å². The third kappa shape index (κ3) is 4.29. The fraction of sp³-hybridized carbons (Fsp3) is 1.00. The summed E-state index contributed by atoms with van der Waals surface area (Å²) in [6, 6.07) is 0. The maximum absolute atomic E-state index is 12.2. The number of ether oxygens (including phenoxy) is 2. The van der Waals surface area contributed by atoms with Crippen LogP contribution in [-0.2, 0) is 9.47 Å². The summed E-state index contributed by atoms with van der Waals surface area (Å²) in [6.45, 7) is -1.16. The summed E-state index contributed by atoms with van der Waals surface area (Å²) >= 11 is 0. The van der Waals surface area contributed by atoms with Gasteiger partial charge in [-0.15, -0.1) is 0 Å². The molecule has 0 amide bonds. The summed E-state index contributed by atoms with van der Waals surface area (Å²) in [7, 11) is 2.45. The van der Waals surface area contributed by atoms with Crippen LogP contribution in [0.5, 0.6) is 0 Å². The van der Waals surface area contributed by atoms with Crippen molar-refractivity contribution in [1.82, 2.24) is 0 Å². The van der Waals surface area contributed by atoms with E-state index in [-0.39, 0.29) is 0 Å². The van der Waals surface area contributed by atoms with Crippen LogP contribution in [-0.4, -0.2) is 33.4 Å². The van der Waals surface area contributed by atoms with Gasteiger partial charge in [-0.05, 0) is 0 Å². The molecule has 0 saturated carbocycles. The van der Waals surface area contributed by atoms with Crippen molar-refractivity contribution in [2.75, 3.05) is 27.4 Å². The molecule has 0 aliphatic rings. The van der Waals surface area contributed by atoms with Crippen molar-refractivity contribution in [1.29, 1.82) is 0 Å². The molecule has 0 unspecified atom stereocenters. The highest BCUT2D eigenvalue weighted by molar-refractivity contribution is 4.62. The maximum atomic E-state index is 12.2. The topological polar surface area (TPSA) is 18.5 Å². The van der Waals surface area contributed by atoms with Crippen molar-refractivity contribution in [3.8, 4) is 0 Å². The Bertz CT molecular complexity index is 67.4. The lowest BCUT2D eigenvalue weighted by atomic mass is 10.4. The summed E-state index contributed by atoms with van der Waals surface area (Å²) in [5.41, 5.74) is 0. The number of hydrogen-bond acceptors (Lipinski definition) is 2. The van der Waals surface area contributed by atoms with Crippen molar-refractivity contribution in [2.24, 2.45) is 0 Å².